The van der Waals surface area contributed by atoms with E-state index in [1.54, 1.807) is 0 Å². The molecular weight excluding hydrogens is 212 g/mol. The summed E-state index contributed by atoms with van der Waals surface area (Å²) in [6, 6.07) is 0. The Morgan fingerprint density at radius 2 is 2.10 bits per heavy atom. The second kappa shape index (κ2) is 3.16. The monoisotopic (exact) mass is 221 g/mol. The number of carbonyl (C=O) groups excluding carboxylic acids is 1. The van der Waals surface area contributed by atoms with E-state index >= 15 is 0 Å². The molecule has 0 aromatic carbocycles. The minimum absolute atomic E-state index is 0. The largest absolute Gasteiger partial charge is 2.00 e. The van der Waals surface area contributed by atoms with Crippen LogP contribution in [0.3, 0.4) is 0 Å². The number of hydrogen-bond donors (Lipinski definition) is 0. The third kappa shape index (κ3) is 1.49. The molecule has 0 heterocycles. The van der Waals surface area contributed by atoms with Gasteiger partial charge in [0.1, 0.15) is 0 Å². The number of rotatable bonds is 0. The second-order valence-electron chi connectivity index (χ2n) is 2.59. The molecule has 1 atom stereocenters. The van der Waals surface area contributed by atoms with Gasteiger partial charge in [-0.05, 0) is 6.42 Å². The van der Waals surface area contributed by atoms with Crippen LogP contribution >= 0.6 is 0 Å². The summed E-state index contributed by atoms with van der Waals surface area (Å²) in [4.78, 5) is 10.7. The summed E-state index contributed by atoms with van der Waals surface area (Å²) in [6.45, 7) is 6.79. The van der Waals surface area contributed by atoms with Crippen LogP contribution in [-0.4, -0.2) is 12.0 Å². The fourth-order valence-corrected chi connectivity index (χ4v) is 0.958. The fourth-order valence-electron chi connectivity index (χ4n) is 0.958. The first kappa shape index (κ1) is 10.3. The molecule has 3 heteroatoms. The van der Waals surface area contributed by atoms with Gasteiger partial charge in [0.05, 0.1) is 12.0 Å². The van der Waals surface area contributed by atoms with Crippen molar-refractivity contribution in [2.45, 2.75) is 19.0 Å². The molecule has 1 saturated carbocycles. The molecule has 0 N–H and O–H groups in total. The quantitative estimate of drug-likeness (QED) is 0.445. The van der Waals surface area contributed by atoms with E-state index in [2.05, 4.69) is 13.8 Å². The summed E-state index contributed by atoms with van der Waals surface area (Å²) in [5.74, 6) is -0.157. The summed E-state index contributed by atoms with van der Waals surface area (Å²) >= 11 is 0. The third-order valence-corrected chi connectivity index (χ3v) is 1.78. The van der Waals surface area contributed by atoms with Gasteiger partial charge in [-0.2, -0.15) is 5.41 Å². The molecule has 1 aliphatic rings. The van der Waals surface area contributed by atoms with Crippen LogP contribution in [0.2, 0.25) is 0 Å². The van der Waals surface area contributed by atoms with Crippen molar-refractivity contribution in [1.29, 1.82) is 0 Å². The number of ketones is 1. The number of halogens is 1. The number of Topliss-reactive ketones (excluding diaryl/α,β-unsaturated/α-hetero) is 1. The molecule has 0 aromatic rings. The van der Waals surface area contributed by atoms with Crippen LogP contribution in [0.1, 0.15) is 12.8 Å². The molecule has 0 spiro atoms. The van der Waals surface area contributed by atoms with E-state index in [9.17, 15) is 9.18 Å². The Labute approximate surface area is 75.9 Å². The van der Waals surface area contributed by atoms with Crippen molar-refractivity contribution in [2.75, 3.05) is 0 Å². The predicted molar refractivity (Wildman–Crippen MR) is 32.3 cm³/mol. The van der Waals surface area contributed by atoms with Crippen LogP contribution in [0.4, 0.5) is 4.39 Å². The van der Waals surface area contributed by atoms with E-state index < -0.39 is 11.6 Å². The van der Waals surface area contributed by atoms with Gasteiger partial charge in [0, 0.05) is 6.42 Å². The first-order valence-corrected chi connectivity index (χ1v) is 2.93. The van der Waals surface area contributed by atoms with Gasteiger partial charge < -0.3 is 18.6 Å². The topological polar surface area (TPSA) is 17.1 Å². The number of carbonyl (C=O) groups is 1. The molecular formula is C7H9FNbO. The smallest absolute Gasteiger partial charge is 0.357 e. The van der Waals surface area contributed by atoms with Gasteiger partial charge in [0.15, 0.2) is 0 Å². The molecule has 55 valence electrons. The maximum Gasteiger partial charge on any atom is 2.00 e. The van der Waals surface area contributed by atoms with Crippen molar-refractivity contribution in [3.05, 3.63) is 13.8 Å². The first-order valence-electron chi connectivity index (χ1n) is 2.93. The molecule has 0 amide bonds. The third-order valence-electron chi connectivity index (χ3n) is 1.78. The average Bonchev–Trinajstić information content (AvgIpc) is 1.96. The van der Waals surface area contributed by atoms with Crippen molar-refractivity contribution in [3.63, 3.8) is 0 Å². The number of alkyl halides is 1. The Morgan fingerprint density at radius 3 is 2.20 bits per heavy atom. The van der Waals surface area contributed by atoms with E-state index in [0.717, 1.165) is 0 Å². The minimum atomic E-state index is -1.19. The van der Waals surface area contributed by atoms with Gasteiger partial charge in [0.25, 0.3) is 0 Å². The standard InChI is InChI=1S/C7H9FO.Nb/c1-7(2)5(8)3-4-6(7)9;/h5H,1-4H2;/q-2;+2. The van der Waals surface area contributed by atoms with Crippen LogP contribution in [0.5, 0.6) is 0 Å². The van der Waals surface area contributed by atoms with Gasteiger partial charge in [-0.15, -0.1) is 0 Å². The molecule has 1 radical (unpaired) electrons. The molecule has 1 rings (SSSR count). The van der Waals surface area contributed by atoms with Gasteiger partial charge in [-0.25, -0.2) is 0 Å². The molecule has 1 nitrogen and oxygen atoms in total. The molecule has 1 aliphatic carbocycles. The Morgan fingerprint density at radius 1 is 1.60 bits per heavy atom. The van der Waals surface area contributed by atoms with Gasteiger partial charge in [-0.3, -0.25) is 4.39 Å². The number of hydrogen-bond acceptors (Lipinski definition) is 1. The van der Waals surface area contributed by atoms with Crippen molar-refractivity contribution in [3.8, 4) is 0 Å². The summed E-state index contributed by atoms with van der Waals surface area (Å²) in [7, 11) is 0. The maximum absolute atomic E-state index is 12.6. The van der Waals surface area contributed by atoms with Gasteiger partial charge >= 0.3 is 22.4 Å². The molecule has 0 saturated heterocycles. The minimum Gasteiger partial charge on any atom is -0.357 e. The van der Waals surface area contributed by atoms with Crippen LogP contribution in [0, 0.1) is 19.3 Å². The molecule has 0 aliphatic heterocycles. The SMILES string of the molecule is [CH2-]C1([CH2-])C(=O)CCC1F.[Nb+2]. The second-order valence-corrected chi connectivity index (χ2v) is 2.59. The van der Waals surface area contributed by atoms with Gasteiger partial charge in [-0.1, -0.05) is 0 Å². The van der Waals surface area contributed by atoms with Crippen molar-refractivity contribution in [1.82, 2.24) is 0 Å². The van der Waals surface area contributed by atoms with Crippen molar-refractivity contribution >= 4 is 5.78 Å². The summed E-state index contributed by atoms with van der Waals surface area (Å²) in [6.07, 6.45) is -0.537. The fraction of sp³-hybridized carbons (Fsp3) is 0.571. The maximum atomic E-state index is 12.6. The summed E-state index contributed by atoms with van der Waals surface area (Å²) < 4.78 is 12.6. The van der Waals surface area contributed by atoms with E-state index in [0.29, 0.717) is 12.8 Å². The zero-order valence-corrected chi connectivity index (χ0v) is 7.84. The van der Waals surface area contributed by atoms with Crippen LogP contribution in [0.15, 0.2) is 0 Å². The molecule has 0 bridgehead atoms. The van der Waals surface area contributed by atoms with E-state index in [1.807, 2.05) is 0 Å². The summed E-state index contributed by atoms with van der Waals surface area (Å²) in [5.41, 5.74) is -1.19. The normalized spacial score (nSPS) is 29.9. The molecule has 0 aromatic heterocycles. The van der Waals surface area contributed by atoms with Crippen molar-refractivity contribution < 1.29 is 31.6 Å². The van der Waals surface area contributed by atoms with E-state index in [-0.39, 0.29) is 28.2 Å². The zero-order chi connectivity index (χ0) is 7.07. The molecule has 1 unspecified atom stereocenters. The van der Waals surface area contributed by atoms with Crippen LogP contribution in [0.25, 0.3) is 0 Å². The van der Waals surface area contributed by atoms with E-state index in [1.165, 1.54) is 0 Å². The van der Waals surface area contributed by atoms with Crippen LogP contribution in [-0.2, 0) is 27.2 Å². The average molecular weight is 221 g/mol. The van der Waals surface area contributed by atoms with Gasteiger partial charge in [0.2, 0.25) is 0 Å². The van der Waals surface area contributed by atoms with Crippen molar-refractivity contribution in [2.24, 2.45) is 5.41 Å². The van der Waals surface area contributed by atoms with E-state index in [4.69, 9.17) is 0 Å². The first-order chi connectivity index (χ1) is 4.05. The Hall–Kier alpha value is 0.340. The molecule has 10 heavy (non-hydrogen) atoms. The molecule has 1 fully saturated rings. The Kier molecular flexibility index (Phi) is 3.27. The Bertz CT molecular complexity index is 145. The predicted octanol–water partition coefficient (Wildman–Crippen LogP) is 1.34. The summed E-state index contributed by atoms with van der Waals surface area (Å²) in [5, 5.41) is 0. The zero-order valence-electron chi connectivity index (χ0n) is 5.64. The van der Waals surface area contributed by atoms with Crippen LogP contribution < -0.4 is 0 Å². The Balaban J connectivity index is 0.000000810.